The van der Waals surface area contributed by atoms with Crippen LogP contribution in [0.1, 0.15) is 36.9 Å². The van der Waals surface area contributed by atoms with Crippen LogP contribution >= 0.6 is 24.8 Å². The monoisotopic (exact) mass is 347 g/mol. The Labute approximate surface area is 145 Å². The summed E-state index contributed by atoms with van der Waals surface area (Å²) in [6.45, 7) is 4.08. The first kappa shape index (κ1) is 19.5. The van der Waals surface area contributed by atoms with Crippen molar-refractivity contribution < 1.29 is 4.74 Å². The molecule has 126 valence electrons. The summed E-state index contributed by atoms with van der Waals surface area (Å²) in [5.41, 5.74) is 2.58. The number of aromatic nitrogens is 1. The van der Waals surface area contributed by atoms with Gasteiger partial charge in [-0.05, 0) is 56.7 Å². The quantitative estimate of drug-likeness (QED) is 0.776. The Morgan fingerprint density at radius 2 is 2.09 bits per heavy atom. The first-order valence-corrected chi connectivity index (χ1v) is 7.97. The van der Waals surface area contributed by atoms with Crippen molar-refractivity contribution in [3.63, 3.8) is 0 Å². The maximum atomic E-state index is 5.84. The summed E-state index contributed by atoms with van der Waals surface area (Å²) < 4.78 is 5.84. The molecule has 0 aliphatic carbocycles. The van der Waals surface area contributed by atoms with Crippen molar-refractivity contribution >= 4 is 30.6 Å². The van der Waals surface area contributed by atoms with Crippen LogP contribution < -0.4 is 10.6 Å². The smallest absolute Gasteiger partial charge is 0.129 e. The van der Waals surface area contributed by atoms with Gasteiger partial charge >= 0.3 is 0 Å². The van der Waals surface area contributed by atoms with E-state index in [1.807, 2.05) is 0 Å². The lowest BCUT2D eigenvalue weighted by atomic mass is 10.1. The number of halogens is 2. The maximum Gasteiger partial charge on any atom is 0.129 e. The molecule has 1 fully saturated rings. The molecule has 0 spiro atoms. The summed E-state index contributed by atoms with van der Waals surface area (Å²) in [4.78, 5) is 4.73. The molecule has 0 amide bonds. The van der Waals surface area contributed by atoms with Crippen LogP contribution in [0, 0.1) is 0 Å². The van der Waals surface area contributed by atoms with Gasteiger partial charge in [0, 0.05) is 25.4 Å². The Bertz CT molecular complexity index is 439. The largest absolute Gasteiger partial charge is 0.377 e. The molecule has 4 nitrogen and oxygen atoms in total. The fourth-order valence-corrected chi connectivity index (χ4v) is 2.94. The highest BCUT2D eigenvalue weighted by Crippen LogP contribution is 2.20. The molecule has 2 N–H and O–H groups in total. The van der Waals surface area contributed by atoms with Crippen molar-refractivity contribution in [1.82, 2.24) is 10.3 Å². The van der Waals surface area contributed by atoms with E-state index in [-0.39, 0.29) is 24.8 Å². The minimum Gasteiger partial charge on any atom is -0.377 e. The van der Waals surface area contributed by atoms with E-state index in [9.17, 15) is 0 Å². The van der Waals surface area contributed by atoms with Crippen LogP contribution in [-0.2, 0) is 17.6 Å². The third-order valence-electron chi connectivity index (χ3n) is 4.15. The van der Waals surface area contributed by atoms with E-state index in [1.54, 1.807) is 0 Å². The van der Waals surface area contributed by atoms with Gasteiger partial charge in [0.15, 0.2) is 0 Å². The summed E-state index contributed by atoms with van der Waals surface area (Å²) in [6.07, 6.45) is 7.34. The molecule has 22 heavy (non-hydrogen) atoms. The summed E-state index contributed by atoms with van der Waals surface area (Å²) in [5, 5.41) is 6.73. The van der Waals surface area contributed by atoms with Crippen molar-refractivity contribution in [2.75, 3.05) is 31.6 Å². The van der Waals surface area contributed by atoms with Crippen molar-refractivity contribution in [3.05, 3.63) is 23.4 Å². The Balaban J connectivity index is 0.00000121. The van der Waals surface area contributed by atoms with Gasteiger partial charge in [0.1, 0.15) is 5.82 Å². The Morgan fingerprint density at radius 3 is 2.91 bits per heavy atom. The molecule has 3 rings (SSSR count). The minimum atomic E-state index is 0. The maximum absolute atomic E-state index is 5.84. The van der Waals surface area contributed by atoms with Crippen LogP contribution in [0.15, 0.2) is 12.1 Å². The number of fused-ring (bicyclic) bond motifs is 1. The Morgan fingerprint density at radius 1 is 1.18 bits per heavy atom. The predicted molar refractivity (Wildman–Crippen MR) is 95.7 cm³/mol. The van der Waals surface area contributed by atoms with Gasteiger partial charge in [-0.1, -0.05) is 6.07 Å². The van der Waals surface area contributed by atoms with Crippen molar-refractivity contribution in [1.29, 1.82) is 0 Å². The number of rotatable bonds is 6. The molecule has 1 atom stereocenters. The van der Waals surface area contributed by atoms with Crippen LogP contribution in [0.3, 0.4) is 0 Å². The number of nitrogens with zero attached hydrogens (tertiary/aromatic N) is 1. The van der Waals surface area contributed by atoms with Gasteiger partial charge in [0.2, 0.25) is 0 Å². The molecule has 0 radical (unpaired) electrons. The lowest BCUT2D eigenvalue weighted by molar-refractivity contribution is 0.0645. The Kier molecular flexibility index (Phi) is 9.10. The average Bonchev–Trinajstić information content (AvgIpc) is 3.00. The molecular formula is C16H27Cl2N3O. The lowest BCUT2D eigenvalue weighted by Gasteiger charge is -2.17. The van der Waals surface area contributed by atoms with Crippen LogP contribution in [0.4, 0.5) is 5.82 Å². The summed E-state index contributed by atoms with van der Waals surface area (Å²) in [5.74, 6) is 1.11. The molecule has 2 aliphatic heterocycles. The minimum absolute atomic E-state index is 0. The molecule has 6 heteroatoms. The van der Waals surface area contributed by atoms with E-state index < -0.39 is 0 Å². The topological polar surface area (TPSA) is 46.2 Å². The van der Waals surface area contributed by atoms with E-state index in [2.05, 4.69) is 22.8 Å². The molecule has 1 saturated heterocycles. The highest BCUT2D eigenvalue weighted by molar-refractivity contribution is 5.85. The number of aryl methyl sites for hydroxylation is 2. The molecule has 0 saturated carbocycles. The van der Waals surface area contributed by atoms with Gasteiger partial charge in [0.25, 0.3) is 0 Å². The number of nitrogens with one attached hydrogen (secondary N) is 2. The molecule has 0 aromatic carbocycles. The van der Waals surface area contributed by atoms with Gasteiger partial charge in [0.05, 0.1) is 6.10 Å². The number of ether oxygens (including phenoxy) is 1. The second-order valence-electron chi connectivity index (χ2n) is 5.78. The van der Waals surface area contributed by atoms with E-state index in [1.165, 1.54) is 24.1 Å². The number of hydrogen-bond acceptors (Lipinski definition) is 4. The summed E-state index contributed by atoms with van der Waals surface area (Å²) in [6, 6.07) is 4.43. The van der Waals surface area contributed by atoms with Gasteiger partial charge in [-0.25, -0.2) is 4.98 Å². The normalized spacial score (nSPS) is 19.5. The van der Waals surface area contributed by atoms with Crippen molar-refractivity contribution in [2.45, 2.75) is 44.6 Å². The number of hydrogen-bond donors (Lipinski definition) is 2. The van der Waals surface area contributed by atoms with Crippen LogP contribution in [0.25, 0.3) is 0 Å². The third kappa shape index (κ3) is 5.58. The van der Waals surface area contributed by atoms with Crippen LogP contribution in [0.2, 0.25) is 0 Å². The SMILES string of the molecule is Cl.Cl.c1cc2c(nc1CCCCO[C@@H]1CCNC1)NCCC2. The first-order chi connectivity index (χ1) is 9.92. The molecule has 0 unspecified atom stereocenters. The van der Waals surface area contributed by atoms with Gasteiger partial charge in [-0.2, -0.15) is 0 Å². The second-order valence-corrected chi connectivity index (χ2v) is 5.78. The lowest BCUT2D eigenvalue weighted by Crippen LogP contribution is -2.17. The molecule has 2 aliphatic rings. The van der Waals surface area contributed by atoms with Crippen LogP contribution in [0.5, 0.6) is 0 Å². The van der Waals surface area contributed by atoms with E-state index in [0.717, 1.165) is 57.7 Å². The molecule has 1 aromatic heterocycles. The second kappa shape index (κ2) is 10.3. The number of anilines is 1. The zero-order valence-electron chi connectivity index (χ0n) is 13.0. The average molecular weight is 348 g/mol. The molecule has 3 heterocycles. The van der Waals surface area contributed by atoms with E-state index in [0.29, 0.717) is 6.10 Å². The highest BCUT2D eigenvalue weighted by atomic mass is 35.5. The Hall–Kier alpha value is -0.550. The number of unbranched alkanes of at least 4 members (excludes halogenated alkanes) is 1. The van der Waals surface area contributed by atoms with Crippen molar-refractivity contribution in [2.24, 2.45) is 0 Å². The fourth-order valence-electron chi connectivity index (χ4n) is 2.94. The fraction of sp³-hybridized carbons (Fsp3) is 0.688. The van der Waals surface area contributed by atoms with Crippen LogP contribution in [-0.4, -0.2) is 37.3 Å². The van der Waals surface area contributed by atoms with E-state index in [4.69, 9.17) is 9.72 Å². The predicted octanol–water partition coefficient (Wildman–Crippen LogP) is 2.98. The molecule has 1 aromatic rings. The number of pyridine rings is 1. The first-order valence-electron chi connectivity index (χ1n) is 7.97. The summed E-state index contributed by atoms with van der Waals surface area (Å²) in [7, 11) is 0. The highest BCUT2D eigenvalue weighted by Gasteiger charge is 2.14. The van der Waals surface area contributed by atoms with Gasteiger partial charge in [-0.15, -0.1) is 24.8 Å². The third-order valence-corrected chi connectivity index (χ3v) is 4.15. The summed E-state index contributed by atoms with van der Waals surface area (Å²) >= 11 is 0. The van der Waals surface area contributed by atoms with Gasteiger partial charge in [-0.3, -0.25) is 0 Å². The zero-order valence-corrected chi connectivity index (χ0v) is 14.6. The molecular weight excluding hydrogens is 321 g/mol. The zero-order chi connectivity index (χ0) is 13.6. The standard InChI is InChI=1S/C16H25N3O.2ClH/c1(2-11-20-15-8-10-17-12-15)5-14-7-6-13-4-3-9-18-16(13)19-14;;/h6-7,15,17H,1-5,8-12H2,(H,18,19);2*1H/t15-;;/m1../s1. The van der Waals surface area contributed by atoms with E-state index >= 15 is 0 Å². The van der Waals surface area contributed by atoms with Crippen molar-refractivity contribution in [3.8, 4) is 0 Å². The van der Waals surface area contributed by atoms with Gasteiger partial charge < -0.3 is 15.4 Å². The molecule has 0 bridgehead atoms.